The predicted molar refractivity (Wildman–Crippen MR) is 107 cm³/mol. The number of carbonyl (C=O) groups is 2. The van der Waals surface area contributed by atoms with E-state index < -0.39 is 5.97 Å². The highest BCUT2D eigenvalue weighted by Gasteiger charge is 1.95. The molecule has 0 aromatic heterocycles. The number of unbranched alkanes of at least 4 members (excludes halogenated alkanes) is 13. The highest BCUT2D eigenvalue weighted by Crippen LogP contribution is 2.12. The van der Waals surface area contributed by atoms with Crippen molar-refractivity contribution in [3.05, 3.63) is 0 Å². The van der Waals surface area contributed by atoms with Crippen LogP contribution in [0.2, 0.25) is 0 Å². The standard InChI is InChI=1S/C16H33NO.C5H10O2/c1-2-3-4-5-6-7-8-9-10-11-12-13-14-15-16(17)18;1-2-3-4-5(6)7/h2-15H2,1H3,(H2,17,18);2-4H2,1H3,(H,6,7). The van der Waals surface area contributed by atoms with Crippen molar-refractivity contribution < 1.29 is 14.7 Å². The smallest absolute Gasteiger partial charge is 0.303 e. The Kier molecular flexibility index (Phi) is 24.0. The lowest BCUT2D eigenvalue weighted by Crippen LogP contribution is -2.09. The summed E-state index contributed by atoms with van der Waals surface area (Å²) in [5, 5.41) is 8.04. The van der Waals surface area contributed by atoms with Gasteiger partial charge in [0.1, 0.15) is 0 Å². The molecule has 4 nitrogen and oxygen atoms in total. The zero-order valence-corrected chi connectivity index (χ0v) is 16.9. The zero-order chi connectivity index (χ0) is 19.2. The first-order valence-electron chi connectivity index (χ1n) is 10.5. The Balaban J connectivity index is 0. The summed E-state index contributed by atoms with van der Waals surface area (Å²) < 4.78 is 0. The predicted octanol–water partition coefficient (Wildman–Crippen LogP) is 6.21. The molecule has 0 fully saturated rings. The lowest BCUT2D eigenvalue weighted by atomic mass is 10.0. The minimum absolute atomic E-state index is 0.155. The third-order valence-corrected chi connectivity index (χ3v) is 4.27. The third-order valence-electron chi connectivity index (χ3n) is 4.27. The van der Waals surface area contributed by atoms with Gasteiger partial charge in [0.15, 0.2) is 0 Å². The Labute approximate surface area is 156 Å². The van der Waals surface area contributed by atoms with Crippen molar-refractivity contribution in [3.63, 3.8) is 0 Å². The fraction of sp³-hybridized carbons (Fsp3) is 0.905. The summed E-state index contributed by atoms with van der Waals surface area (Å²) in [6, 6.07) is 0. The SMILES string of the molecule is CCCCC(=O)O.CCCCCCCCCCCCCCCC(N)=O. The van der Waals surface area contributed by atoms with Crippen molar-refractivity contribution >= 4 is 11.9 Å². The maximum absolute atomic E-state index is 10.5. The molecule has 0 spiro atoms. The Bertz CT molecular complexity index is 293. The molecule has 0 bridgehead atoms. The zero-order valence-electron chi connectivity index (χ0n) is 16.9. The van der Waals surface area contributed by atoms with Crippen LogP contribution in [0.5, 0.6) is 0 Å². The van der Waals surface area contributed by atoms with Crippen LogP contribution >= 0.6 is 0 Å². The molecule has 25 heavy (non-hydrogen) atoms. The number of hydrogen-bond donors (Lipinski definition) is 2. The molecule has 4 heteroatoms. The van der Waals surface area contributed by atoms with Crippen molar-refractivity contribution in [1.82, 2.24) is 0 Å². The van der Waals surface area contributed by atoms with Gasteiger partial charge in [0.2, 0.25) is 5.91 Å². The number of rotatable bonds is 17. The molecule has 0 heterocycles. The monoisotopic (exact) mass is 357 g/mol. The number of primary amides is 1. The summed E-state index contributed by atoms with van der Waals surface area (Å²) >= 11 is 0. The first-order chi connectivity index (χ1) is 12.0. The summed E-state index contributed by atoms with van der Waals surface area (Å²) in [7, 11) is 0. The Morgan fingerprint density at radius 1 is 0.600 bits per heavy atom. The molecule has 0 saturated carbocycles. The van der Waals surface area contributed by atoms with Gasteiger partial charge in [0.25, 0.3) is 0 Å². The molecule has 0 aliphatic carbocycles. The summed E-state index contributed by atoms with van der Waals surface area (Å²) in [5.74, 6) is -0.847. The molecule has 0 aliphatic heterocycles. The van der Waals surface area contributed by atoms with E-state index in [1.807, 2.05) is 6.92 Å². The van der Waals surface area contributed by atoms with E-state index >= 15 is 0 Å². The summed E-state index contributed by atoms with van der Waals surface area (Å²) in [6.07, 6.45) is 20.0. The van der Waals surface area contributed by atoms with Gasteiger partial charge in [-0.05, 0) is 12.8 Å². The summed E-state index contributed by atoms with van der Waals surface area (Å²) in [6.45, 7) is 4.24. The first-order valence-corrected chi connectivity index (χ1v) is 10.5. The largest absolute Gasteiger partial charge is 0.481 e. The fourth-order valence-electron chi connectivity index (χ4n) is 2.65. The van der Waals surface area contributed by atoms with E-state index in [1.165, 1.54) is 77.0 Å². The van der Waals surface area contributed by atoms with E-state index in [9.17, 15) is 9.59 Å². The van der Waals surface area contributed by atoms with E-state index in [-0.39, 0.29) is 5.91 Å². The van der Waals surface area contributed by atoms with E-state index in [0.29, 0.717) is 12.8 Å². The molecule has 0 rings (SSSR count). The minimum atomic E-state index is -0.693. The molecule has 0 atom stereocenters. The third kappa shape index (κ3) is 31.3. The molecule has 0 aliphatic rings. The summed E-state index contributed by atoms with van der Waals surface area (Å²) in [5.41, 5.74) is 5.09. The van der Waals surface area contributed by atoms with E-state index in [4.69, 9.17) is 10.8 Å². The van der Waals surface area contributed by atoms with Crippen LogP contribution in [-0.2, 0) is 9.59 Å². The molecule has 0 aromatic carbocycles. The highest BCUT2D eigenvalue weighted by molar-refractivity contribution is 5.73. The molecule has 0 radical (unpaired) electrons. The molecule has 150 valence electrons. The van der Waals surface area contributed by atoms with Gasteiger partial charge in [-0.3, -0.25) is 9.59 Å². The van der Waals surface area contributed by atoms with Gasteiger partial charge in [0.05, 0.1) is 0 Å². The number of carboxylic acid groups (broad SMARTS) is 1. The normalized spacial score (nSPS) is 10.2. The molecule has 3 N–H and O–H groups in total. The number of aliphatic carboxylic acids is 1. The first kappa shape index (κ1) is 26.2. The van der Waals surface area contributed by atoms with E-state index in [0.717, 1.165) is 19.3 Å². The van der Waals surface area contributed by atoms with Gasteiger partial charge in [-0.15, -0.1) is 0 Å². The van der Waals surface area contributed by atoms with Gasteiger partial charge in [-0.2, -0.15) is 0 Å². The molecular formula is C21H43NO3. The average molecular weight is 358 g/mol. The van der Waals surface area contributed by atoms with Crippen LogP contribution < -0.4 is 5.73 Å². The number of carboxylic acids is 1. The Morgan fingerprint density at radius 3 is 1.24 bits per heavy atom. The second-order valence-electron chi connectivity index (χ2n) is 6.96. The Morgan fingerprint density at radius 2 is 0.960 bits per heavy atom. The average Bonchev–Trinajstić information content (AvgIpc) is 2.57. The van der Waals surface area contributed by atoms with Crippen LogP contribution in [0.1, 0.15) is 123 Å². The molecular weight excluding hydrogens is 314 g/mol. The van der Waals surface area contributed by atoms with Crippen LogP contribution in [0, 0.1) is 0 Å². The van der Waals surface area contributed by atoms with Gasteiger partial charge in [-0.25, -0.2) is 0 Å². The molecule has 0 saturated heterocycles. The molecule has 1 amide bonds. The van der Waals surface area contributed by atoms with Gasteiger partial charge in [-0.1, -0.05) is 97.3 Å². The van der Waals surface area contributed by atoms with Crippen molar-refractivity contribution in [2.45, 2.75) is 123 Å². The van der Waals surface area contributed by atoms with Crippen LogP contribution in [0.4, 0.5) is 0 Å². The van der Waals surface area contributed by atoms with Gasteiger partial charge >= 0.3 is 5.97 Å². The van der Waals surface area contributed by atoms with E-state index in [2.05, 4.69) is 6.92 Å². The molecule has 0 aromatic rings. The Hall–Kier alpha value is -1.06. The second-order valence-corrected chi connectivity index (χ2v) is 6.96. The maximum Gasteiger partial charge on any atom is 0.303 e. The lowest BCUT2D eigenvalue weighted by molar-refractivity contribution is -0.137. The lowest BCUT2D eigenvalue weighted by Gasteiger charge is -2.02. The minimum Gasteiger partial charge on any atom is -0.481 e. The fourth-order valence-corrected chi connectivity index (χ4v) is 2.65. The van der Waals surface area contributed by atoms with Gasteiger partial charge < -0.3 is 10.8 Å². The highest BCUT2D eigenvalue weighted by atomic mass is 16.4. The topological polar surface area (TPSA) is 80.4 Å². The van der Waals surface area contributed by atoms with E-state index in [1.54, 1.807) is 0 Å². The quantitative estimate of drug-likeness (QED) is 0.303. The van der Waals surface area contributed by atoms with Crippen LogP contribution in [0.3, 0.4) is 0 Å². The second kappa shape index (κ2) is 22.9. The number of nitrogens with two attached hydrogens (primary N) is 1. The summed E-state index contributed by atoms with van der Waals surface area (Å²) in [4.78, 5) is 20.3. The maximum atomic E-state index is 10.5. The van der Waals surface area contributed by atoms with Crippen molar-refractivity contribution in [2.24, 2.45) is 5.73 Å². The van der Waals surface area contributed by atoms with Crippen molar-refractivity contribution in [3.8, 4) is 0 Å². The van der Waals surface area contributed by atoms with Crippen LogP contribution in [0.25, 0.3) is 0 Å². The van der Waals surface area contributed by atoms with Crippen LogP contribution in [0.15, 0.2) is 0 Å². The number of hydrogen-bond acceptors (Lipinski definition) is 2. The van der Waals surface area contributed by atoms with Crippen LogP contribution in [-0.4, -0.2) is 17.0 Å². The van der Waals surface area contributed by atoms with Crippen molar-refractivity contribution in [2.75, 3.05) is 0 Å². The molecule has 0 unspecified atom stereocenters. The number of carbonyl (C=O) groups excluding carboxylic acids is 1. The number of amides is 1. The van der Waals surface area contributed by atoms with Crippen molar-refractivity contribution in [1.29, 1.82) is 0 Å². The van der Waals surface area contributed by atoms with Gasteiger partial charge in [0, 0.05) is 12.8 Å².